The molecule has 1 saturated heterocycles. The fourth-order valence-corrected chi connectivity index (χ4v) is 4.86. The fraction of sp³-hybridized carbons (Fsp3) is 0.333. The molecule has 4 rings (SSSR count). The average molecular weight is 459 g/mol. The van der Waals surface area contributed by atoms with E-state index in [-0.39, 0.29) is 24.0 Å². The van der Waals surface area contributed by atoms with Gasteiger partial charge < -0.3 is 10.0 Å². The monoisotopic (exact) mass is 458 g/mol. The van der Waals surface area contributed by atoms with Gasteiger partial charge in [-0.05, 0) is 61.9 Å². The van der Waals surface area contributed by atoms with Crippen molar-refractivity contribution < 1.29 is 14.7 Å². The second kappa shape index (κ2) is 8.65. The van der Waals surface area contributed by atoms with Crippen molar-refractivity contribution in [3.63, 3.8) is 0 Å². The molecule has 1 atom stereocenters. The third-order valence-corrected chi connectivity index (χ3v) is 6.72. The molecule has 0 saturated carbocycles. The first-order valence-electron chi connectivity index (χ1n) is 10.3. The number of piperidine rings is 1. The molecule has 0 spiro atoms. The maximum Gasteiger partial charge on any atom is 0.282 e. The predicted octanol–water partition coefficient (Wildman–Crippen LogP) is 4.60. The van der Waals surface area contributed by atoms with Crippen molar-refractivity contribution in [3.05, 3.63) is 68.8 Å². The van der Waals surface area contributed by atoms with Gasteiger partial charge in [-0.3, -0.25) is 9.59 Å². The maximum atomic E-state index is 13.7. The summed E-state index contributed by atoms with van der Waals surface area (Å²) in [5, 5.41) is 10.5. The fourth-order valence-electron chi connectivity index (χ4n) is 4.36. The van der Waals surface area contributed by atoms with Gasteiger partial charge in [0.2, 0.25) is 0 Å². The first-order valence-corrected chi connectivity index (χ1v) is 11.1. The number of halogens is 2. The van der Waals surface area contributed by atoms with E-state index in [0.29, 0.717) is 40.1 Å². The van der Waals surface area contributed by atoms with Gasteiger partial charge in [0.15, 0.2) is 0 Å². The molecule has 31 heavy (non-hydrogen) atoms. The molecule has 2 aromatic carbocycles. The van der Waals surface area contributed by atoms with Crippen molar-refractivity contribution >= 4 is 46.3 Å². The molecule has 2 aliphatic heterocycles. The van der Waals surface area contributed by atoms with Crippen molar-refractivity contribution in [2.24, 2.45) is 5.92 Å². The molecule has 2 aromatic rings. The number of likely N-dealkylation sites (tertiary alicyclic amines) is 1. The minimum atomic E-state index is -0.399. The third-order valence-electron chi connectivity index (χ3n) is 6.17. The van der Waals surface area contributed by atoms with Gasteiger partial charge in [0, 0.05) is 30.3 Å². The Morgan fingerprint density at radius 3 is 2.58 bits per heavy atom. The number of imide groups is 1. The second-order valence-corrected chi connectivity index (χ2v) is 8.99. The molecule has 5 nitrogen and oxygen atoms in total. The lowest BCUT2D eigenvalue weighted by molar-refractivity contribution is -0.120. The number of carbonyl (C=O) groups is 2. The highest BCUT2D eigenvalue weighted by Gasteiger charge is 2.44. The highest BCUT2D eigenvalue weighted by molar-refractivity contribution is 6.47. The van der Waals surface area contributed by atoms with Crippen LogP contribution in [0.5, 0.6) is 0 Å². The SMILES string of the molecule is Cc1cccc(N2C(=O)C(c3ccc(Cl)cc3Cl)=C(N3CCCC(CO)C3)C2=O)c1C. The standard InChI is InChI=1S/C24H24Cl2N2O3/c1-14-5-3-7-20(15(14)2)28-23(30)21(18-9-8-17(25)11-19(18)26)22(24(28)31)27-10-4-6-16(12-27)13-29/h3,5,7-9,11,16,29H,4,6,10,12-13H2,1-2H3. The van der Waals surface area contributed by atoms with Crippen molar-refractivity contribution in [3.8, 4) is 0 Å². The van der Waals surface area contributed by atoms with Gasteiger partial charge >= 0.3 is 0 Å². The van der Waals surface area contributed by atoms with Gasteiger partial charge in [0.1, 0.15) is 5.70 Å². The van der Waals surface area contributed by atoms with Crippen LogP contribution in [0.3, 0.4) is 0 Å². The van der Waals surface area contributed by atoms with Gasteiger partial charge in [-0.25, -0.2) is 4.90 Å². The lowest BCUT2D eigenvalue weighted by Crippen LogP contribution is -2.40. The van der Waals surface area contributed by atoms with Crippen molar-refractivity contribution in [2.45, 2.75) is 26.7 Å². The van der Waals surface area contributed by atoms with Crippen LogP contribution in [0.25, 0.3) is 5.57 Å². The normalized spacial score (nSPS) is 19.6. The van der Waals surface area contributed by atoms with Gasteiger partial charge in [-0.15, -0.1) is 0 Å². The Balaban J connectivity index is 1.88. The van der Waals surface area contributed by atoms with E-state index in [9.17, 15) is 14.7 Å². The van der Waals surface area contributed by atoms with Crippen LogP contribution in [0.4, 0.5) is 5.69 Å². The zero-order valence-corrected chi connectivity index (χ0v) is 19.0. The van der Waals surface area contributed by atoms with Gasteiger partial charge in [-0.1, -0.05) is 41.4 Å². The topological polar surface area (TPSA) is 60.9 Å². The molecular weight excluding hydrogens is 435 g/mol. The molecule has 0 aliphatic carbocycles. The molecular formula is C24H24Cl2N2O3. The molecule has 162 valence electrons. The Morgan fingerprint density at radius 2 is 1.87 bits per heavy atom. The maximum absolute atomic E-state index is 13.7. The summed E-state index contributed by atoms with van der Waals surface area (Å²) in [5.74, 6) is -0.705. The van der Waals surface area contributed by atoms with E-state index < -0.39 is 5.91 Å². The highest BCUT2D eigenvalue weighted by Crippen LogP contribution is 2.40. The van der Waals surface area contributed by atoms with E-state index in [1.54, 1.807) is 24.3 Å². The molecule has 2 aliphatic rings. The van der Waals surface area contributed by atoms with E-state index in [4.69, 9.17) is 23.2 Å². The Kier molecular flexibility index (Phi) is 6.11. The Morgan fingerprint density at radius 1 is 1.10 bits per heavy atom. The lowest BCUT2D eigenvalue weighted by Gasteiger charge is -2.34. The zero-order chi connectivity index (χ0) is 22.3. The van der Waals surface area contributed by atoms with E-state index in [1.165, 1.54) is 4.90 Å². The number of benzene rings is 2. The average Bonchev–Trinajstić information content (AvgIpc) is 3.00. The Hall–Kier alpha value is -2.34. The molecule has 1 N–H and O–H groups in total. The molecule has 2 heterocycles. The molecule has 0 bridgehead atoms. The number of hydrogen-bond acceptors (Lipinski definition) is 4. The largest absolute Gasteiger partial charge is 0.396 e. The van der Waals surface area contributed by atoms with E-state index >= 15 is 0 Å². The van der Waals surface area contributed by atoms with Gasteiger partial charge in [0.05, 0.1) is 16.3 Å². The molecule has 1 unspecified atom stereocenters. The lowest BCUT2D eigenvalue weighted by atomic mass is 9.97. The molecule has 7 heteroatoms. The van der Waals surface area contributed by atoms with Crippen LogP contribution in [-0.2, 0) is 9.59 Å². The summed E-state index contributed by atoms with van der Waals surface area (Å²) in [7, 11) is 0. The summed E-state index contributed by atoms with van der Waals surface area (Å²) < 4.78 is 0. The van der Waals surface area contributed by atoms with E-state index in [2.05, 4.69) is 0 Å². The molecule has 2 amide bonds. The van der Waals surface area contributed by atoms with Crippen LogP contribution in [0.1, 0.15) is 29.5 Å². The van der Waals surface area contributed by atoms with Crippen LogP contribution in [0.15, 0.2) is 42.1 Å². The number of aliphatic hydroxyl groups is 1. The molecule has 0 radical (unpaired) electrons. The Bertz CT molecular complexity index is 1100. The smallest absolute Gasteiger partial charge is 0.282 e. The van der Waals surface area contributed by atoms with Crippen LogP contribution in [0, 0.1) is 19.8 Å². The summed E-state index contributed by atoms with van der Waals surface area (Å²) in [6, 6.07) is 10.5. The number of nitrogens with zero attached hydrogens (tertiary/aromatic N) is 2. The third kappa shape index (κ3) is 3.86. The van der Waals surface area contributed by atoms with Crippen LogP contribution >= 0.6 is 23.2 Å². The predicted molar refractivity (Wildman–Crippen MR) is 123 cm³/mol. The molecule has 0 aromatic heterocycles. The van der Waals surface area contributed by atoms with E-state index in [0.717, 1.165) is 24.0 Å². The zero-order valence-electron chi connectivity index (χ0n) is 17.5. The van der Waals surface area contributed by atoms with Crippen LogP contribution < -0.4 is 4.90 Å². The number of amides is 2. The summed E-state index contributed by atoms with van der Waals surface area (Å²) in [6.07, 6.45) is 1.72. The summed E-state index contributed by atoms with van der Waals surface area (Å²) in [4.78, 5) is 30.6. The van der Waals surface area contributed by atoms with Gasteiger partial charge in [0.25, 0.3) is 11.8 Å². The minimum absolute atomic E-state index is 0.0453. The quantitative estimate of drug-likeness (QED) is 0.680. The number of anilines is 1. The summed E-state index contributed by atoms with van der Waals surface area (Å²) >= 11 is 12.5. The Labute approximate surface area is 191 Å². The number of aliphatic hydroxyl groups excluding tert-OH is 1. The minimum Gasteiger partial charge on any atom is -0.396 e. The highest BCUT2D eigenvalue weighted by atomic mass is 35.5. The van der Waals surface area contributed by atoms with Crippen molar-refractivity contribution in [1.29, 1.82) is 0 Å². The summed E-state index contributed by atoms with van der Waals surface area (Å²) in [6.45, 7) is 5.05. The van der Waals surface area contributed by atoms with Gasteiger partial charge in [-0.2, -0.15) is 0 Å². The number of aryl methyl sites for hydroxylation is 1. The number of hydrogen-bond donors (Lipinski definition) is 1. The molecule has 1 fully saturated rings. The van der Waals surface area contributed by atoms with Crippen molar-refractivity contribution in [1.82, 2.24) is 4.90 Å². The van der Waals surface area contributed by atoms with E-state index in [1.807, 2.05) is 30.9 Å². The number of rotatable bonds is 4. The first-order chi connectivity index (χ1) is 14.8. The number of carbonyl (C=O) groups excluding carboxylic acids is 2. The van der Waals surface area contributed by atoms with Crippen molar-refractivity contribution in [2.75, 3.05) is 24.6 Å². The van der Waals surface area contributed by atoms with Crippen LogP contribution in [0.2, 0.25) is 10.0 Å². The summed E-state index contributed by atoms with van der Waals surface area (Å²) in [5.41, 5.74) is 3.55. The second-order valence-electron chi connectivity index (χ2n) is 8.15. The first kappa shape index (κ1) is 21.9. The van der Waals surface area contributed by atoms with Crippen LogP contribution in [-0.4, -0.2) is 41.5 Å².